The summed E-state index contributed by atoms with van der Waals surface area (Å²) in [6.45, 7) is 0. The summed E-state index contributed by atoms with van der Waals surface area (Å²) in [6.07, 6.45) is 9.63. The lowest BCUT2D eigenvalue weighted by Gasteiger charge is -2.27. The van der Waals surface area contributed by atoms with Gasteiger partial charge < -0.3 is 14.8 Å². The highest BCUT2D eigenvalue weighted by atomic mass is 35.5. The van der Waals surface area contributed by atoms with Crippen LogP contribution in [-0.4, -0.2) is 31.4 Å². The quantitative estimate of drug-likeness (QED) is 0.744. The van der Waals surface area contributed by atoms with E-state index in [0.717, 1.165) is 11.1 Å². The summed E-state index contributed by atoms with van der Waals surface area (Å²) in [6, 6.07) is 5.44. The van der Waals surface area contributed by atoms with E-state index in [1.165, 1.54) is 0 Å². The van der Waals surface area contributed by atoms with Gasteiger partial charge >= 0.3 is 0 Å². The highest BCUT2D eigenvalue weighted by Gasteiger charge is 2.62. The average Bonchev–Trinajstić information content (AvgIpc) is 3.01. The van der Waals surface area contributed by atoms with Crippen LogP contribution in [0.15, 0.2) is 49.3 Å². The molecule has 0 aliphatic heterocycles. The second-order valence-electron chi connectivity index (χ2n) is 7.27. The third kappa shape index (κ3) is 2.40. The molecule has 2 aliphatic carbocycles. The van der Waals surface area contributed by atoms with Crippen molar-refractivity contribution in [3.63, 3.8) is 0 Å². The van der Waals surface area contributed by atoms with Crippen LogP contribution in [0.5, 0.6) is 0 Å². The number of nitrogens with zero attached hydrogens (tertiary/aromatic N) is 3. The Kier molecular flexibility index (Phi) is 3.36. The Morgan fingerprint density at radius 3 is 2.85 bits per heavy atom. The topological polar surface area (TPSA) is 79.5 Å². The van der Waals surface area contributed by atoms with Crippen molar-refractivity contribution in [1.29, 1.82) is 0 Å². The number of aliphatic hydroxyl groups is 1. The fourth-order valence-corrected chi connectivity index (χ4v) is 4.62. The smallest absolute Gasteiger partial charge is 0.253 e. The molecule has 0 bridgehead atoms. The van der Waals surface area contributed by atoms with E-state index in [1.54, 1.807) is 43.2 Å². The molecule has 3 aromatic heterocycles. The standard InChI is InChI=1S/C19H17ClN4O2/c20-12-4-15(16-8-22-10-24(16)9-12)19(26)5-13-14(6-19)17(13)23-18(25)11-2-1-3-21-7-11/h1-4,7-10,13-14,17,26H,5-6H2,(H,23,25)/t13-,14+,17-,19+. The van der Waals surface area contributed by atoms with E-state index in [9.17, 15) is 9.90 Å². The van der Waals surface area contributed by atoms with Gasteiger partial charge in [-0.3, -0.25) is 9.78 Å². The lowest BCUT2D eigenvalue weighted by molar-refractivity contribution is 0.0289. The van der Waals surface area contributed by atoms with Crippen LogP contribution in [-0.2, 0) is 5.60 Å². The van der Waals surface area contributed by atoms with Crippen LogP contribution in [0.4, 0.5) is 0 Å². The van der Waals surface area contributed by atoms with Gasteiger partial charge in [-0.15, -0.1) is 0 Å². The summed E-state index contributed by atoms with van der Waals surface area (Å²) < 4.78 is 1.83. The van der Waals surface area contributed by atoms with Gasteiger partial charge in [-0.05, 0) is 42.9 Å². The first-order chi connectivity index (χ1) is 12.5. The van der Waals surface area contributed by atoms with Crippen LogP contribution in [0.3, 0.4) is 0 Å². The fourth-order valence-electron chi connectivity index (χ4n) is 4.40. The van der Waals surface area contributed by atoms with Gasteiger partial charge in [0, 0.05) is 30.2 Å². The van der Waals surface area contributed by atoms with Gasteiger partial charge in [0.05, 0.1) is 34.2 Å². The summed E-state index contributed by atoms with van der Waals surface area (Å²) in [7, 11) is 0. The largest absolute Gasteiger partial charge is 0.385 e. The van der Waals surface area contributed by atoms with Crippen molar-refractivity contribution in [2.24, 2.45) is 11.8 Å². The fraction of sp³-hybridized carbons (Fsp3) is 0.316. The van der Waals surface area contributed by atoms with Crippen molar-refractivity contribution in [2.45, 2.75) is 24.5 Å². The molecule has 0 aromatic carbocycles. The van der Waals surface area contributed by atoms with E-state index >= 15 is 0 Å². The normalized spacial score (nSPS) is 29.5. The number of pyridine rings is 2. The first-order valence-corrected chi connectivity index (χ1v) is 8.98. The van der Waals surface area contributed by atoms with Crippen LogP contribution in [0.2, 0.25) is 5.02 Å². The predicted molar refractivity (Wildman–Crippen MR) is 95.8 cm³/mol. The van der Waals surface area contributed by atoms with Crippen molar-refractivity contribution in [3.05, 3.63) is 65.5 Å². The second-order valence-corrected chi connectivity index (χ2v) is 7.70. The molecule has 0 unspecified atom stereocenters. The summed E-state index contributed by atoms with van der Waals surface area (Å²) in [5.41, 5.74) is 1.31. The Morgan fingerprint density at radius 1 is 1.31 bits per heavy atom. The van der Waals surface area contributed by atoms with Gasteiger partial charge in [0.2, 0.25) is 0 Å². The third-order valence-corrected chi connectivity index (χ3v) is 5.89. The number of halogens is 1. The molecule has 26 heavy (non-hydrogen) atoms. The number of fused-ring (bicyclic) bond motifs is 2. The van der Waals surface area contributed by atoms with Gasteiger partial charge in [-0.2, -0.15) is 0 Å². The molecular formula is C19H17ClN4O2. The van der Waals surface area contributed by atoms with Crippen LogP contribution < -0.4 is 5.32 Å². The molecule has 3 heterocycles. The van der Waals surface area contributed by atoms with Gasteiger partial charge in [0.15, 0.2) is 0 Å². The molecule has 0 radical (unpaired) electrons. The number of nitrogens with one attached hydrogen (secondary N) is 1. The van der Waals surface area contributed by atoms with Crippen molar-refractivity contribution >= 4 is 23.0 Å². The van der Waals surface area contributed by atoms with Crippen molar-refractivity contribution in [3.8, 4) is 0 Å². The third-order valence-electron chi connectivity index (χ3n) is 5.69. The number of imidazole rings is 1. The number of hydrogen-bond acceptors (Lipinski definition) is 4. The SMILES string of the molecule is O=C(N[C@@H]1[C@@H]2C[C@@](O)(c3cc(Cl)cn4cncc34)C[C@@H]21)c1cccnc1. The summed E-state index contributed by atoms with van der Waals surface area (Å²) >= 11 is 6.21. The summed E-state index contributed by atoms with van der Waals surface area (Å²) in [4.78, 5) is 20.4. The maximum absolute atomic E-state index is 12.3. The lowest BCUT2D eigenvalue weighted by Crippen LogP contribution is -2.33. The summed E-state index contributed by atoms with van der Waals surface area (Å²) in [5.74, 6) is 0.451. The van der Waals surface area contributed by atoms with Crippen LogP contribution in [0, 0.1) is 11.8 Å². The van der Waals surface area contributed by atoms with Gasteiger partial charge in [-0.1, -0.05) is 11.6 Å². The van der Waals surface area contributed by atoms with Crippen LogP contribution in [0.1, 0.15) is 28.8 Å². The minimum absolute atomic E-state index is 0.109. The molecule has 7 heteroatoms. The average molecular weight is 369 g/mol. The second kappa shape index (κ2) is 5.53. The molecule has 6 nitrogen and oxygen atoms in total. The maximum atomic E-state index is 12.3. The predicted octanol–water partition coefficient (Wildman–Crippen LogP) is 2.41. The number of aromatic nitrogens is 3. The monoisotopic (exact) mass is 368 g/mol. The number of amides is 1. The number of rotatable bonds is 3. The van der Waals surface area contributed by atoms with Crippen LogP contribution in [0.25, 0.3) is 5.52 Å². The maximum Gasteiger partial charge on any atom is 0.253 e. The molecule has 0 spiro atoms. The van der Waals surface area contributed by atoms with E-state index in [4.69, 9.17) is 11.6 Å². The molecule has 2 fully saturated rings. The van der Waals surface area contributed by atoms with Gasteiger partial charge in [0.25, 0.3) is 5.91 Å². The Balaban J connectivity index is 1.34. The van der Waals surface area contributed by atoms with E-state index in [1.807, 2.05) is 10.5 Å². The number of carbonyl (C=O) groups excluding carboxylic acids is 1. The van der Waals surface area contributed by atoms with Crippen molar-refractivity contribution in [2.75, 3.05) is 0 Å². The van der Waals surface area contributed by atoms with Gasteiger partial charge in [-0.25, -0.2) is 4.98 Å². The minimum Gasteiger partial charge on any atom is -0.385 e. The lowest BCUT2D eigenvalue weighted by atomic mass is 9.88. The zero-order chi connectivity index (χ0) is 17.9. The highest BCUT2D eigenvalue weighted by molar-refractivity contribution is 6.30. The Bertz CT molecular complexity index is 991. The van der Waals surface area contributed by atoms with Crippen molar-refractivity contribution < 1.29 is 9.90 Å². The van der Waals surface area contributed by atoms with E-state index in [0.29, 0.717) is 23.4 Å². The first kappa shape index (κ1) is 15.8. The van der Waals surface area contributed by atoms with Gasteiger partial charge in [0.1, 0.15) is 0 Å². The molecule has 4 atom stereocenters. The zero-order valence-corrected chi connectivity index (χ0v) is 14.6. The van der Waals surface area contributed by atoms with E-state index < -0.39 is 5.60 Å². The summed E-state index contributed by atoms with van der Waals surface area (Å²) in [5, 5.41) is 14.9. The minimum atomic E-state index is -0.933. The molecule has 2 aliphatic rings. The zero-order valence-electron chi connectivity index (χ0n) is 13.8. The van der Waals surface area contributed by atoms with E-state index in [-0.39, 0.29) is 23.8 Å². The first-order valence-electron chi connectivity index (χ1n) is 8.60. The molecule has 0 saturated heterocycles. The molecular weight excluding hydrogens is 352 g/mol. The number of carbonyl (C=O) groups is 1. The molecule has 3 aromatic rings. The Hall–Kier alpha value is -2.44. The Labute approximate surface area is 154 Å². The molecule has 132 valence electrons. The highest BCUT2D eigenvalue weighted by Crippen LogP contribution is 2.60. The molecule has 1 amide bonds. The Morgan fingerprint density at radius 2 is 2.12 bits per heavy atom. The van der Waals surface area contributed by atoms with Crippen molar-refractivity contribution in [1.82, 2.24) is 19.7 Å². The molecule has 2 saturated carbocycles. The number of hydrogen-bond donors (Lipinski definition) is 2. The molecule has 2 N–H and O–H groups in total. The van der Waals surface area contributed by atoms with E-state index in [2.05, 4.69) is 15.3 Å². The molecule has 5 rings (SSSR count). The van der Waals surface area contributed by atoms with Crippen LogP contribution >= 0.6 is 11.6 Å².